The van der Waals surface area contributed by atoms with Crippen LogP contribution in [0.3, 0.4) is 0 Å². The molecule has 2 aromatic heterocycles. The summed E-state index contributed by atoms with van der Waals surface area (Å²) in [7, 11) is 0. The van der Waals surface area contributed by atoms with E-state index in [0.717, 1.165) is 0 Å². The molecule has 6 aromatic rings. The van der Waals surface area contributed by atoms with Crippen molar-refractivity contribution in [1.29, 1.82) is 0 Å². The first-order chi connectivity index (χ1) is 13.3. The number of aryl methyl sites for hydroxylation is 1. The summed E-state index contributed by atoms with van der Waals surface area (Å²) < 4.78 is 2.37. The van der Waals surface area contributed by atoms with Gasteiger partial charge in [0, 0.05) is 38.3 Å². The zero-order valence-electron chi connectivity index (χ0n) is 15.0. The Morgan fingerprint density at radius 3 is 2.30 bits per heavy atom. The van der Waals surface area contributed by atoms with E-state index in [9.17, 15) is 0 Å². The highest BCUT2D eigenvalue weighted by Gasteiger charge is 2.15. The molecule has 0 fully saturated rings. The van der Waals surface area contributed by atoms with Gasteiger partial charge in [-0.05, 0) is 42.8 Å². The zero-order chi connectivity index (χ0) is 18.0. The van der Waals surface area contributed by atoms with Gasteiger partial charge in [-0.25, -0.2) is 0 Å². The molecular formula is C25H18N2. The summed E-state index contributed by atoms with van der Waals surface area (Å²) in [5, 5.41) is 5.14. The first kappa shape index (κ1) is 14.6. The fraction of sp³-hybridized carbons (Fsp3) is 0.0400. The standard InChI is InChI=1S/C25H18N2/c1-16-8-7-12-19-20-15-24-21(14-22(20)26-25(16)19)18-11-5-6-13-23(18)27(24)17-9-3-2-4-10-17/h2-15,26H,1H3. The van der Waals surface area contributed by atoms with Gasteiger partial charge in [0.25, 0.3) is 0 Å². The topological polar surface area (TPSA) is 20.7 Å². The van der Waals surface area contributed by atoms with Gasteiger partial charge >= 0.3 is 0 Å². The summed E-state index contributed by atoms with van der Waals surface area (Å²) in [6.45, 7) is 2.16. The predicted octanol–water partition coefficient (Wildman–Crippen LogP) is 6.73. The molecule has 0 atom stereocenters. The van der Waals surface area contributed by atoms with Crippen LogP contribution in [0.25, 0.3) is 49.3 Å². The molecule has 0 saturated carbocycles. The highest BCUT2D eigenvalue weighted by Crippen LogP contribution is 2.37. The van der Waals surface area contributed by atoms with Crippen LogP contribution in [0.5, 0.6) is 0 Å². The number of rotatable bonds is 1. The molecule has 0 amide bonds. The lowest BCUT2D eigenvalue weighted by molar-refractivity contribution is 1.18. The number of fused-ring (bicyclic) bond motifs is 6. The SMILES string of the molecule is Cc1cccc2c1[nH]c1cc3c4ccccc4n(-c4ccccc4)c3cc12. The molecule has 0 aliphatic rings. The zero-order valence-corrected chi connectivity index (χ0v) is 15.0. The third kappa shape index (κ3) is 1.95. The van der Waals surface area contributed by atoms with Crippen LogP contribution in [0.2, 0.25) is 0 Å². The lowest BCUT2D eigenvalue weighted by Gasteiger charge is -2.07. The van der Waals surface area contributed by atoms with Crippen molar-refractivity contribution in [2.45, 2.75) is 6.92 Å². The van der Waals surface area contributed by atoms with E-state index >= 15 is 0 Å². The fourth-order valence-corrected chi connectivity index (χ4v) is 4.39. The van der Waals surface area contributed by atoms with Crippen LogP contribution >= 0.6 is 0 Å². The smallest absolute Gasteiger partial charge is 0.0548 e. The Hall–Kier alpha value is -3.52. The normalized spacial score (nSPS) is 11.9. The number of nitrogens with zero attached hydrogens (tertiary/aromatic N) is 1. The molecule has 128 valence electrons. The van der Waals surface area contributed by atoms with E-state index < -0.39 is 0 Å². The van der Waals surface area contributed by atoms with Gasteiger partial charge in [0.1, 0.15) is 0 Å². The molecule has 2 nitrogen and oxygen atoms in total. The van der Waals surface area contributed by atoms with E-state index in [0.29, 0.717) is 0 Å². The minimum absolute atomic E-state index is 1.19. The molecule has 27 heavy (non-hydrogen) atoms. The lowest BCUT2D eigenvalue weighted by atomic mass is 10.1. The number of nitrogens with one attached hydrogen (secondary N) is 1. The minimum atomic E-state index is 1.19. The van der Waals surface area contributed by atoms with Gasteiger partial charge in [-0.15, -0.1) is 0 Å². The molecule has 0 saturated heterocycles. The molecule has 2 heteroatoms. The lowest BCUT2D eigenvalue weighted by Crippen LogP contribution is -1.92. The number of H-pyrrole nitrogens is 1. The minimum Gasteiger partial charge on any atom is -0.354 e. The highest BCUT2D eigenvalue weighted by molar-refractivity contribution is 6.18. The van der Waals surface area contributed by atoms with Crippen molar-refractivity contribution in [3.05, 3.63) is 90.5 Å². The molecule has 2 heterocycles. The van der Waals surface area contributed by atoms with Gasteiger partial charge in [-0.1, -0.05) is 54.6 Å². The van der Waals surface area contributed by atoms with E-state index in [1.54, 1.807) is 0 Å². The molecule has 6 rings (SSSR count). The molecule has 0 spiro atoms. The summed E-state index contributed by atoms with van der Waals surface area (Å²) in [4.78, 5) is 3.64. The molecule has 0 unspecified atom stereocenters. The van der Waals surface area contributed by atoms with Crippen LogP contribution in [0.4, 0.5) is 0 Å². The highest BCUT2D eigenvalue weighted by atomic mass is 15.0. The fourth-order valence-electron chi connectivity index (χ4n) is 4.39. The average Bonchev–Trinajstić information content (AvgIpc) is 3.23. The molecule has 0 aliphatic heterocycles. The molecule has 0 bridgehead atoms. The van der Waals surface area contributed by atoms with Crippen molar-refractivity contribution >= 4 is 43.6 Å². The Morgan fingerprint density at radius 1 is 0.630 bits per heavy atom. The molecule has 0 aliphatic carbocycles. The van der Waals surface area contributed by atoms with Crippen LogP contribution in [0.1, 0.15) is 5.56 Å². The van der Waals surface area contributed by atoms with Crippen molar-refractivity contribution < 1.29 is 0 Å². The van der Waals surface area contributed by atoms with E-state index in [1.807, 2.05) is 0 Å². The third-order valence-electron chi connectivity index (χ3n) is 5.65. The van der Waals surface area contributed by atoms with E-state index in [-0.39, 0.29) is 0 Å². The van der Waals surface area contributed by atoms with Gasteiger partial charge < -0.3 is 9.55 Å². The Morgan fingerprint density at radius 2 is 1.41 bits per heavy atom. The van der Waals surface area contributed by atoms with Crippen LogP contribution in [0.15, 0.2) is 84.9 Å². The monoisotopic (exact) mass is 346 g/mol. The number of aromatic nitrogens is 2. The average molecular weight is 346 g/mol. The number of aromatic amines is 1. The number of hydrogen-bond donors (Lipinski definition) is 1. The summed E-state index contributed by atoms with van der Waals surface area (Å²) in [5.74, 6) is 0. The quantitative estimate of drug-likeness (QED) is 0.341. The van der Waals surface area contributed by atoms with Crippen LogP contribution in [-0.2, 0) is 0 Å². The third-order valence-corrected chi connectivity index (χ3v) is 5.65. The van der Waals surface area contributed by atoms with Crippen molar-refractivity contribution in [1.82, 2.24) is 9.55 Å². The van der Waals surface area contributed by atoms with Gasteiger partial charge in [0.15, 0.2) is 0 Å². The molecule has 4 aromatic carbocycles. The summed E-state index contributed by atoms with van der Waals surface area (Å²) in [6, 6.07) is 30.5. The second-order valence-electron chi connectivity index (χ2n) is 7.23. The molecule has 0 radical (unpaired) electrons. The van der Waals surface area contributed by atoms with Crippen molar-refractivity contribution in [3.8, 4) is 5.69 Å². The Kier molecular flexibility index (Phi) is 2.84. The van der Waals surface area contributed by atoms with Crippen molar-refractivity contribution in [2.24, 2.45) is 0 Å². The Balaban J connectivity index is 1.85. The summed E-state index contributed by atoms with van der Waals surface area (Å²) in [5.41, 5.74) is 7.39. The maximum absolute atomic E-state index is 3.64. The van der Waals surface area contributed by atoms with Gasteiger partial charge in [0.2, 0.25) is 0 Å². The van der Waals surface area contributed by atoms with Crippen molar-refractivity contribution in [3.63, 3.8) is 0 Å². The second kappa shape index (κ2) is 5.24. The second-order valence-corrected chi connectivity index (χ2v) is 7.23. The first-order valence-corrected chi connectivity index (χ1v) is 9.31. The van der Waals surface area contributed by atoms with Crippen LogP contribution in [0, 0.1) is 6.92 Å². The molecular weight excluding hydrogens is 328 g/mol. The Bertz CT molecular complexity index is 1470. The largest absolute Gasteiger partial charge is 0.354 e. The number of para-hydroxylation sites is 3. The van der Waals surface area contributed by atoms with Gasteiger partial charge in [-0.2, -0.15) is 0 Å². The van der Waals surface area contributed by atoms with Gasteiger partial charge in [0.05, 0.1) is 11.0 Å². The van der Waals surface area contributed by atoms with Gasteiger partial charge in [-0.3, -0.25) is 0 Å². The van der Waals surface area contributed by atoms with Crippen molar-refractivity contribution in [2.75, 3.05) is 0 Å². The first-order valence-electron chi connectivity index (χ1n) is 9.31. The van der Waals surface area contributed by atoms with Crippen LogP contribution < -0.4 is 0 Å². The number of hydrogen-bond acceptors (Lipinski definition) is 0. The summed E-state index contributed by atoms with van der Waals surface area (Å²) >= 11 is 0. The molecule has 1 N–H and O–H groups in total. The number of benzene rings is 4. The Labute approximate surface area is 156 Å². The maximum Gasteiger partial charge on any atom is 0.0548 e. The summed E-state index contributed by atoms with van der Waals surface area (Å²) in [6.07, 6.45) is 0. The predicted molar refractivity (Wildman–Crippen MR) is 115 cm³/mol. The van der Waals surface area contributed by atoms with E-state index in [2.05, 4.69) is 101 Å². The van der Waals surface area contributed by atoms with E-state index in [1.165, 1.54) is 54.9 Å². The van der Waals surface area contributed by atoms with E-state index in [4.69, 9.17) is 0 Å². The van der Waals surface area contributed by atoms with Crippen LogP contribution in [-0.4, -0.2) is 9.55 Å². The maximum atomic E-state index is 3.64.